The highest BCUT2D eigenvalue weighted by Gasteiger charge is 2.32. The number of halogens is 1. The van der Waals surface area contributed by atoms with Crippen LogP contribution in [0.3, 0.4) is 0 Å². The van der Waals surface area contributed by atoms with E-state index >= 15 is 0 Å². The molecule has 1 saturated heterocycles. The molecule has 2 aliphatic rings. The molecule has 0 amide bonds. The van der Waals surface area contributed by atoms with E-state index in [2.05, 4.69) is 31.1 Å². The number of nitrogens with one attached hydrogen (secondary N) is 1. The summed E-state index contributed by atoms with van der Waals surface area (Å²) in [5.74, 6) is 2.07. The normalized spacial score (nSPS) is 24.6. The highest BCUT2D eigenvalue weighted by molar-refractivity contribution is 5.41. The van der Waals surface area contributed by atoms with Crippen molar-refractivity contribution in [3.63, 3.8) is 0 Å². The van der Waals surface area contributed by atoms with Crippen molar-refractivity contribution in [2.75, 3.05) is 23.7 Å². The Balaban J connectivity index is 1.31. The second kappa shape index (κ2) is 6.26. The fourth-order valence-corrected chi connectivity index (χ4v) is 3.29. The van der Waals surface area contributed by atoms with E-state index in [1.165, 1.54) is 6.20 Å². The molecule has 128 valence electrons. The number of nitrogens with two attached hydrogens (primary N) is 1. The Kier molecular flexibility index (Phi) is 3.95. The summed E-state index contributed by atoms with van der Waals surface area (Å²) in [5.41, 5.74) is 6.66. The number of rotatable bonds is 4. The molecule has 3 heterocycles. The number of piperidine rings is 1. The van der Waals surface area contributed by atoms with Gasteiger partial charge in [-0.3, -0.25) is 10.1 Å². The number of aromatic amines is 1. The van der Waals surface area contributed by atoms with Gasteiger partial charge in [0.05, 0.1) is 12.4 Å². The third kappa shape index (κ3) is 3.13. The lowest BCUT2D eigenvalue weighted by molar-refractivity contribution is 0.163. The summed E-state index contributed by atoms with van der Waals surface area (Å²) < 4.78 is 18.8. The molecule has 0 aromatic carbocycles. The lowest BCUT2D eigenvalue weighted by Crippen LogP contribution is -2.38. The van der Waals surface area contributed by atoms with E-state index < -0.39 is 6.17 Å². The first kappa shape index (κ1) is 15.2. The molecule has 2 aromatic rings. The van der Waals surface area contributed by atoms with Gasteiger partial charge in [-0.2, -0.15) is 10.1 Å². The second-order valence-electron chi connectivity index (χ2n) is 6.53. The van der Waals surface area contributed by atoms with Crippen molar-refractivity contribution >= 4 is 11.6 Å². The summed E-state index contributed by atoms with van der Waals surface area (Å²) in [6.45, 7) is 1.72. The summed E-state index contributed by atoms with van der Waals surface area (Å²) in [6, 6.07) is 2.06. The summed E-state index contributed by atoms with van der Waals surface area (Å²) in [6.07, 6.45) is 5.53. The number of hydrogen-bond acceptors (Lipinski definition) is 6. The third-order valence-electron chi connectivity index (χ3n) is 4.79. The zero-order chi connectivity index (χ0) is 16.5. The van der Waals surface area contributed by atoms with Crippen molar-refractivity contribution < 1.29 is 9.13 Å². The molecule has 2 fully saturated rings. The van der Waals surface area contributed by atoms with E-state index in [0.29, 0.717) is 30.5 Å². The maximum absolute atomic E-state index is 13.0. The number of ether oxygens (including phenoxy) is 1. The van der Waals surface area contributed by atoms with E-state index in [1.54, 1.807) is 6.20 Å². The Labute approximate surface area is 139 Å². The molecule has 0 radical (unpaired) electrons. The van der Waals surface area contributed by atoms with Crippen molar-refractivity contribution in [3.05, 3.63) is 24.2 Å². The number of nitrogen functional groups attached to an aromatic ring is 1. The third-order valence-corrected chi connectivity index (χ3v) is 4.79. The highest BCUT2D eigenvalue weighted by Crippen LogP contribution is 2.38. The van der Waals surface area contributed by atoms with Crippen LogP contribution in [0.4, 0.5) is 16.0 Å². The summed E-state index contributed by atoms with van der Waals surface area (Å²) >= 11 is 0. The van der Waals surface area contributed by atoms with Crippen LogP contribution in [0, 0.1) is 0 Å². The predicted octanol–water partition coefficient (Wildman–Crippen LogP) is 2.05. The second-order valence-corrected chi connectivity index (χ2v) is 6.53. The number of hydrogen-bond donors (Lipinski definition) is 2. The van der Waals surface area contributed by atoms with E-state index in [4.69, 9.17) is 10.5 Å². The molecule has 7 nitrogen and oxygen atoms in total. The standard InChI is InChI=1S/C16H21FN6O/c17-11-5-10(6-11)13-7-15(22-21-13)23-3-1-12(2-4-23)24-16-9-19-8-14(18)20-16/h7-12H,1-6H2,(H2,18,20)(H,21,22). The van der Waals surface area contributed by atoms with Crippen molar-refractivity contribution in [2.45, 2.75) is 43.9 Å². The van der Waals surface area contributed by atoms with Crippen LogP contribution in [0.2, 0.25) is 0 Å². The minimum absolute atomic E-state index is 0.106. The smallest absolute Gasteiger partial charge is 0.234 e. The molecule has 1 aliphatic heterocycles. The molecule has 1 saturated carbocycles. The van der Waals surface area contributed by atoms with Gasteiger partial charge in [0, 0.05) is 43.6 Å². The number of aromatic nitrogens is 4. The van der Waals surface area contributed by atoms with Crippen molar-refractivity contribution in [1.29, 1.82) is 0 Å². The molecule has 1 aliphatic carbocycles. The minimum Gasteiger partial charge on any atom is -0.473 e. The SMILES string of the molecule is Nc1cncc(OC2CCN(c3cc(C4CC(F)C4)[nH]n3)CC2)n1. The first-order valence-corrected chi connectivity index (χ1v) is 8.36. The van der Waals surface area contributed by atoms with Crippen LogP contribution in [-0.4, -0.2) is 45.5 Å². The quantitative estimate of drug-likeness (QED) is 0.890. The van der Waals surface area contributed by atoms with Crippen molar-refractivity contribution in [1.82, 2.24) is 20.2 Å². The van der Waals surface area contributed by atoms with Crippen LogP contribution < -0.4 is 15.4 Å². The van der Waals surface area contributed by atoms with Crippen LogP contribution in [0.25, 0.3) is 0 Å². The van der Waals surface area contributed by atoms with E-state index in [1.807, 2.05) is 0 Å². The van der Waals surface area contributed by atoms with Crippen molar-refractivity contribution in [2.24, 2.45) is 0 Å². The molecule has 2 aromatic heterocycles. The topological polar surface area (TPSA) is 93.0 Å². The van der Waals surface area contributed by atoms with Crippen LogP contribution >= 0.6 is 0 Å². The van der Waals surface area contributed by atoms with Gasteiger partial charge < -0.3 is 15.4 Å². The van der Waals surface area contributed by atoms with E-state index in [-0.39, 0.29) is 6.10 Å². The summed E-state index contributed by atoms with van der Waals surface area (Å²) in [7, 11) is 0. The van der Waals surface area contributed by atoms with Crippen molar-refractivity contribution in [3.8, 4) is 5.88 Å². The number of alkyl halides is 1. The van der Waals surface area contributed by atoms with E-state index in [0.717, 1.165) is 37.4 Å². The monoisotopic (exact) mass is 332 g/mol. The average Bonchev–Trinajstić information content (AvgIpc) is 3.02. The van der Waals surface area contributed by atoms with Gasteiger partial charge in [0.1, 0.15) is 18.1 Å². The Morgan fingerprint density at radius 2 is 2.04 bits per heavy atom. The molecule has 8 heteroatoms. The fraction of sp³-hybridized carbons (Fsp3) is 0.562. The summed E-state index contributed by atoms with van der Waals surface area (Å²) in [4.78, 5) is 10.3. The van der Waals surface area contributed by atoms with Crippen LogP contribution in [0.15, 0.2) is 18.5 Å². The Morgan fingerprint density at radius 1 is 1.25 bits per heavy atom. The average molecular weight is 332 g/mol. The number of anilines is 2. The lowest BCUT2D eigenvalue weighted by Gasteiger charge is -2.32. The summed E-state index contributed by atoms with van der Waals surface area (Å²) in [5, 5.41) is 7.45. The Morgan fingerprint density at radius 3 is 2.75 bits per heavy atom. The molecule has 0 spiro atoms. The van der Waals surface area contributed by atoms with Gasteiger partial charge in [0.2, 0.25) is 5.88 Å². The molecule has 3 N–H and O–H groups in total. The minimum atomic E-state index is -0.648. The zero-order valence-corrected chi connectivity index (χ0v) is 13.4. The molecular formula is C16H21FN6O. The van der Waals surface area contributed by atoms with Crippen LogP contribution in [-0.2, 0) is 0 Å². The Hall–Kier alpha value is -2.38. The first-order chi connectivity index (χ1) is 11.7. The zero-order valence-electron chi connectivity index (χ0n) is 13.4. The maximum atomic E-state index is 13.0. The highest BCUT2D eigenvalue weighted by atomic mass is 19.1. The molecular weight excluding hydrogens is 311 g/mol. The van der Waals surface area contributed by atoms with Gasteiger partial charge in [-0.15, -0.1) is 0 Å². The fourth-order valence-electron chi connectivity index (χ4n) is 3.29. The molecule has 24 heavy (non-hydrogen) atoms. The molecule has 0 unspecified atom stereocenters. The van der Waals surface area contributed by atoms with Gasteiger partial charge in [-0.1, -0.05) is 0 Å². The van der Waals surface area contributed by atoms with Gasteiger partial charge in [-0.25, -0.2) is 4.39 Å². The first-order valence-electron chi connectivity index (χ1n) is 8.36. The van der Waals surface area contributed by atoms with Gasteiger partial charge in [0.25, 0.3) is 0 Å². The molecule has 4 rings (SSSR count). The maximum Gasteiger partial charge on any atom is 0.234 e. The van der Waals surface area contributed by atoms with Gasteiger partial charge in [0.15, 0.2) is 5.82 Å². The van der Waals surface area contributed by atoms with Gasteiger partial charge in [-0.05, 0) is 12.8 Å². The van der Waals surface area contributed by atoms with Crippen LogP contribution in [0.5, 0.6) is 5.88 Å². The Bertz CT molecular complexity index is 693. The number of nitrogens with zero attached hydrogens (tertiary/aromatic N) is 4. The van der Waals surface area contributed by atoms with Crippen LogP contribution in [0.1, 0.15) is 37.3 Å². The molecule has 0 atom stereocenters. The van der Waals surface area contributed by atoms with Gasteiger partial charge >= 0.3 is 0 Å². The predicted molar refractivity (Wildman–Crippen MR) is 87.8 cm³/mol. The van der Waals surface area contributed by atoms with E-state index in [9.17, 15) is 4.39 Å². The largest absolute Gasteiger partial charge is 0.473 e. The molecule has 0 bridgehead atoms. The lowest BCUT2D eigenvalue weighted by atomic mass is 9.81. The number of H-pyrrole nitrogens is 1.